The maximum Gasteiger partial charge on any atom is 0.350 e. The van der Waals surface area contributed by atoms with Crippen molar-refractivity contribution in [3.05, 3.63) is 51.0 Å². The van der Waals surface area contributed by atoms with Crippen LogP contribution in [0.1, 0.15) is 37.4 Å². The molecule has 0 spiro atoms. The van der Waals surface area contributed by atoms with Gasteiger partial charge in [0.15, 0.2) is 0 Å². The van der Waals surface area contributed by atoms with Gasteiger partial charge in [-0.15, -0.1) is 11.3 Å². The Morgan fingerprint density at radius 2 is 2.05 bits per heavy atom. The smallest absolute Gasteiger partial charge is 0.350 e. The van der Waals surface area contributed by atoms with Gasteiger partial charge in [-0.3, -0.25) is 4.79 Å². The summed E-state index contributed by atoms with van der Waals surface area (Å²) in [6.45, 7) is 3.61. The lowest BCUT2D eigenvalue weighted by molar-refractivity contribution is -0.121. The van der Waals surface area contributed by atoms with Crippen LogP contribution in [0, 0.1) is 13.8 Å². The third-order valence-corrected chi connectivity index (χ3v) is 4.89. The highest BCUT2D eigenvalue weighted by Gasteiger charge is 2.39. The number of ether oxygens (including phenoxy) is 1. The number of amides is 1. The van der Waals surface area contributed by atoms with Gasteiger partial charge in [-0.05, 0) is 25.0 Å². The van der Waals surface area contributed by atoms with E-state index in [9.17, 15) is 9.59 Å². The van der Waals surface area contributed by atoms with Crippen molar-refractivity contribution in [2.75, 3.05) is 0 Å². The lowest BCUT2D eigenvalue weighted by atomic mass is 9.99. The van der Waals surface area contributed by atoms with Crippen LogP contribution in [0.25, 0.3) is 0 Å². The summed E-state index contributed by atoms with van der Waals surface area (Å²) in [7, 11) is 0. The minimum Gasteiger partial charge on any atom is -0.457 e. The van der Waals surface area contributed by atoms with Gasteiger partial charge >= 0.3 is 5.97 Å². The van der Waals surface area contributed by atoms with Gasteiger partial charge in [-0.25, -0.2) is 9.78 Å². The van der Waals surface area contributed by atoms with E-state index in [0.717, 1.165) is 16.1 Å². The number of carbonyl (C=O) groups excluding carboxylic acids is 2. The number of benzene rings is 1. The second-order valence-corrected chi connectivity index (χ2v) is 6.58. The largest absolute Gasteiger partial charge is 0.457 e. The molecular formula is C16H16N2O3S. The SMILES string of the molecule is Cc1nc(C)c(C(=O)OC2Cc3ccccc3C2C(N)=O)s1. The summed E-state index contributed by atoms with van der Waals surface area (Å²) in [5, 5.41) is 0.811. The first-order valence-corrected chi connectivity index (χ1v) is 7.81. The molecule has 1 aliphatic carbocycles. The fourth-order valence-corrected chi connectivity index (χ4v) is 3.72. The standard InChI is InChI=1S/C16H16N2O3S/c1-8-14(22-9(2)18-8)16(20)21-12-7-10-5-3-4-6-11(10)13(12)15(17)19/h3-6,12-13H,7H2,1-2H3,(H2,17,19). The van der Waals surface area contributed by atoms with Crippen LogP contribution in [-0.2, 0) is 16.0 Å². The Labute approximate surface area is 132 Å². The highest BCUT2D eigenvalue weighted by atomic mass is 32.1. The Bertz CT molecular complexity index is 754. The van der Waals surface area contributed by atoms with Gasteiger partial charge in [-0.2, -0.15) is 0 Å². The number of carbonyl (C=O) groups is 2. The molecule has 1 aliphatic rings. The van der Waals surface area contributed by atoms with Gasteiger partial charge in [0, 0.05) is 6.42 Å². The summed E-state index contributed by atoms with van der Waals surface area (Å²) in [6, 6.07) is 7.55. The van der Waals surface area contributed by atoms with E-state index in [4.69, 9.17) is 10.5 Å². The highest BCUT2D eigenvalue weighted by molar-refractivity contribution is 7.13. The quantitative estimate of drug-likeness (QED) is 0.879. The predicted octanol–water partition coefficient (Wildman–Crippen LogP) is 2.11. The zero-order valence-corrected chi connectivity index (χ0v) is 13.1. The number of thiazole rings is 1. The van der Waals surface area contributed by atoms with Gasteiger partial charge < -0.3 is 10.5 Å². The van der Waals surface area contributed by atoms with Gasteiger partial charge in [0.05, 0.1) is 10.7 Å². The monoisotopic (exact) mass is 316 g/mol. The van der Waals surface area contributed by atoms with Crippen molar-refractivity contribution in [3.63, 3.8) is 0 Å². The van der Waals surface area contributed by atoms with Gasteiger partial charge in [0.25, 0.3) is 0 Å². The summed E-state index contributed by atoms with van der Waals surface area (Å²) in [4.78, 5) is 28.8. The Kier molecular flexibility index (Phi) is 3.70. The fraction of sp³-hybridized carbons (Fsp3) is 0.312. The first-order valence-electron chi connectivity index (χ1n) is 6.99. The van der Waals surface area contributed by atoms with Crippen molar-refractivity contribution in [1.29, 1.82) is 0 Å². The van der Waals surface area contributed by atoms with Crippen LogP contribution in [0.4, 0.5) is 0 Å². The fourth-order valence-electron chi connectivity index (χ4n) is 2.92. The van der Waals surface area contributed by atoms with Gasteiger partial charge in [0.1, 0.15) is 16.9 Å². The average molecular weight is 316 g/mol. The van der Waals surface area contributed by atoms with E-state index in [0.29, 0.717) is 17.0 Å². The van der Waals surface area contributed by atoms with Gasteiger partial charge in [-0.1, -0.05) is 24.3 Å². The third kappa shape index (κ3) is 2.50. The molecule has 1 heterocycles. The molecule has 0 bridgehead atoms. The van der Waals surface area contributed by atoms with Crippen molar-refractivity contribution in [3.8, 4) is 0 Å². The van der Waals surface area contributed by atoms with Crippen LogP contribution in [0.5, 0.6) is 0 Å². The minimum atomic E-state index is -0.588. The molecule has 0 saturated carbocycles. The lowest BCUT2D eigenvalue weighted by Crippen LogP contribution is -2.32. The molecule has 1 aromatic carbocycles. The first kappa shape index (κ1) is 14.7. The Morgan fingerprint density at radius 1 is 1.32 bits per heavy atom. The minimum absolute atomic E-state index is 0.438. The van der Waals surface area contributed by atoms with E-state index in [2.05, 4.69) is 4.98 Å². The Hall–Kier alpha value is -2.21. The van der Waals surface area contributed by atoms with Crippen molar-refractivity contribution in [2.45, 2.75) is 32.3 Å². The molecule has 0 saturated heterocycles. The van der Waals surface area contributed by atoms with E-state index >= 15 is 0 Å². The van der Waals surface area contributed by atoms with E-state index in [-0.39, 0.29) is 0 Å². The molecule has 3 rings (SSSR count). The summed E-state index contributed by atoms with van der Waals surface area (Å²) in [5.41, 5.74) is 8.02. The van der Waals surface area contributed by atoms with Crippen molar-refractivity contribution in [2.24, 2.45) is 5.73 Å². The average Bonchev–Trinajstić information content (AvgIpc) is 2.97. The van der Waals surface area contributed by atoms with Crippen LogP contribution in [0.2, 0.25) is 0 Å². The zero-order chi connectivity index (χ0) is 15.9. The molecule has 0 radical (unpaired) electrons. The highest BCUT2D eigenvalue weighted by Crippen LogP contribution is 2.35. The Balaban J connectivity index is 1.85. The normalized spacial score (nSPS) is 19.7. The second kappa shape index (κ2) is 5.53. The summed E-state index contributed by atoms with van der Waals surface area (Å²) < 4.78 is 5.58. The molecule has 22 heavy (non-hydrogen) atoms. The van der Waals surface area contributed by atoms with E-state index in [1.54, 1.807) is 6.92 Å². The lowest BCUT2D eigenvalue weighted by Gasteiger charge is -2.17. The molecule has 2 aromatic rings. The summed E-state index contributed by atoms with van der Waals surface area (Å²) in [5.74, 6) is -1.50. The molecule has 2 atom stereocenters. The predicted molar refractivity (Wildman–Crippen MR) is 82.9 cm³/mol. The van der Waals surface area contributed by atoms with Crippen LogP contribution < -0.4 is 5.73 Å². The summed E-state index contributed by atoms with van der Waals surface area (Å²) >= 11 is 1.30. The second-order valence-electron chi connectivity index (χ2n) is 5.37. The third-order valence-electron chi connectivity index (χ3n) is 3.84. The Morgan fingerprint density at radius 3 is 2.68 bits per heavy atom. The molecule has 0 aliphatic heterocycles. The number of hydrogen-bond donors (Lipinski definition) is 1. The van der Waals surface area contributed by atoms with Crippen LogP contribution in [0.15, 0.2) is 24.3 Å². The number of nitrogens with two attached hydrogens (primary N) is 1. The van der Waals surface area contributed by atoms with Crippen LogP contribution >= 0.6 is 11.3 Å². The molecule has 1 amide bonds. The summed E-state index contributed by atoms with van der Waals surface area (Å²) in [6.07, 6.45) is -0.0454. The molecular weight excluding hydrogens is 300 g/mol. The number of esters is 1. The van der Waals surface area contributed by atoms with E-state index in [1.165, 1.54) is 11.3 Å². The van der Waals surface area contributed by atoms with Crippen molar-refractivity contribution in [1.82, 2.24) is 4.98 Å². The van der Waals surface area contributed by atoms with Crippen molar-refractivity contribution >= 4 is 23.2 Å². The first-order chi connectivity index (χ1) is 10.5. The molecule has 0 fully saturated rings. The maximum absolute atomic E-state index is 12.4. The topological polar surface area (TPSA) is 82.3 Å². The zero-order valence-electron chi connectivity index (χ0n) is 12.3. The molecule has 2 N–H and O–H groups in total. The molecule has 2 unspecified atom stereocenters. The molecule has 5 nitrogen and oxygen atoms in total. The molecule has 6 heteroatoms. The number of rotatable bonds is 3. The van der Waals surface area contributed by atoms with E-state index in [1.807, 2.05) is 31.2 Å². The number of hydrogen-bond acceptors (Lipinski definition) is 5. The van der Waals surface area contributed by atoms with E-state index < -0.39 is 23.9 Å². The number of fused-ring (bicyclic) bond motifs is 1. The number of aryl methyl sites for hydroxylation is 2. The number of aromatic nitrogens is 1. The molecule has 114 valence electrons. The maximum atomic E-state index is 12.4. The van der Waals surface area contributed by atoms with Crippen molar-refractivity contribution < 1.29 is 14.3 Å². The van der Waals surface area contributed by atoms with Crippen LogP contribution in [-0.4, -0.2) is 23.0 Å². The van der Waals surface area contributed by atoms with Gasteiger partial charge in [0.2, 0.25) is 5.91 Å². The molecule has 1 aromatic heterocycles. The number of primary amides is 1. The number of nitrogens with zero attached hydrogens (tertiary/aromatic N) is 1. The van der Waals surface area contributed by atoms with Crippen LogP contribution in [0.3, 0.4) is 0 Å².